The Labute approximate surface area is 172 Å². The summed E-state index contributed by atoms with van der Waals surface area (Å²) in [5, 5.41) is 19.7. The topological polar surface area (TPSA) is 86.6 Å². The molecule has 19 heteroatoms. The van der Waals surface area contributed by atoms with E-state index in [9.17, 15) is 71.2 Å². The van der Waals surface area contributed by atoms with Gasteiger partial charge in [0, 0.05) is 29.5 Å². The van der Waals surface area contributed by atoms with Crippen LogP contribution in [0.25, 0.3) is 0 Å². The number of halogens is 13. The molecule has 0 rings (SSSR count). The van der Waals surface area contributed by atoms with Crippen LogP contribution in [0.3, 0.4) is 0 Å². The molecule has 0 radical (unpaired) electrons. The Morgan fingerprint density at radius 3 is 1.66 bits per heavy atom. The maximum absolute atomic E-state index is 13.5. The van der Waals surface area contributed by atoms with E-state index in [-0.39, 0.29) is 0 Å². The monoisotopic (exact) mass is 527 g/mol. The molecule has 2 unspecified atom stereocenters. The highest BCUT2D eigenvalue weighted by Crippen LogP contribution is 2.60. The van der Waals surface area contributed by atoms with Gasteiger partial charge in [0.25, 0.3) is 0 Å². The van der Waals surface area contributed by atoms with Crippen molar-refractivity contribution < 1.29 is 76.3 Å². The van der Waals surface area contributed by atoms with Crippen LogP contribution in [0.15, 0.2) is 0 Å². The van der Waals surface area contributed by atoms with Crippen LogP contribution in [0.1, 0.15) is 6.42 Å². The lowest BCUT2D eigenvalue weighted by molar-refractivity contribution is -0.439. The van der Waals surface area contributed by atoms with E-state index in [1.165, 1.54) is 0 Å². The van der Waals surface area contributed by atoms with Gasteiger partial charge in [0.1, 0.15) is 0 Å². The van der Waals surface area contributed by atoms with Gasteiger partial charge in [-0.15, -0.1) is 0 Å². The molecule has 0 aliphatic carbocycles. The number of alkyl halides is 13. The Balaban J connectivity index is 5.43. The summed E-state index contributed by atoms with van der Waals surface area (Å²) in [5.41, 5.74) is 0. The molecule has 0 spiro atoms. The third kappa shape index (κ3) is 6.15. The second-order valence-corrected chi connectivity index (χ2v) is 7.86. The minimum Gasteiger partial charge on any atom is -0.480 e. The van der Waals surface area contributed by atoms with Gasteiger partial charge in [-0.05, 0) is 0 Å². The van der Waals surface area contributed by atoms with Crippen molar-refractivity contribution in [3.8, 4) is 0 Å². The normalized spacial score (nSPS) is 16.7. The number of nitrogens with one attached hydrogen (secondary N) is 1. The molecule has 2 atom stereocenters. The molecule has 192 valence electrons. The molecule has 0 fully saturated rings. The number of carboxylic acids is 1. The van der Waals surface area contributed by atoms with Gasteiger partial charge in [0.05, 0.1) is 18.4 Å². The molecule has 0 heterocycles. The van der Waals surface area contributed by atoms with E-state index < -0.39 is 89.7 Å². The van der Waals surface area contributed by atoms with E-state index in [0.717, 1.165) is 0 Å². The highest BCUT2D eigenvalue weighted by molar-refractivity contribution is 7.85. The number of aliphatic hydroxyl groups excluding tert-OH is 1. The first-order chi connectivity index (χ1) is 14.0. The molecule has 0 saturated heterocycles. The third-order valence-electron chi connectivity index (χ3n) is 3.68. The zero-order chi connectivity index (χ0) is 26.0. The Bertz CT molecular complexity index is 683. The van der Waals surface area contributed by atoms with E-state index >= 15 is 0 Å². The molecular weight excluding hydrogens is 513 g/mol. The van der Waals surface area contributed by atoms with Crippen molar-refractivity contribution in [3.05, 3.63) is 0 Å². The van der Waals surface area contributed by atoms with Crippen LogP contribution in [0.5, 0.6) is 0 Å². The van der Waals surface area contributed by atoms with Crippen molar-refractivity contribution in [1.82, 2.24) is 5.32 Å². The summed E-state index contributed by atoms with van der Waals surface area (Å²) in [6.45, 7) is -1.33. The number of hydrogen-bond donors (Lipinski definition) is 3. The summed E-state index contributed by atoms with van der Waals surface area (Å²) in [7, 11) is -2.74. The molecule has 0 aliphatic heterocycles. The SMILES string of the molecule is O=C(O)CNCC(O)CS(=O)CCC(F)(F)C(F)(F)C(F)(F)C(F)(F)C(F)(F)C(F)(F)F. The van der Waals surface area contributed by atoms with E-state index in [2.05, 4.69) is 5.32 Å². The lowest BCUT2D eigenvalue weighted by Gasteiger charge is -2.39. The number of aliphatic hydroxyl groups is 1. The quantitative estimate of drug-likeness (QED) is 0.321. The Kier molecular flexibility index (Phi) is 9.44. The second-order valence-electron chi connectivity index (χ2n) is 6.24. The molecule has 5 nitrogen and oxygen atoms in total. The van der Waals surface area contributed by atoms with Gasteiger partial charge in [-0.2, -0.15) is 57.1 Å². The summed E-state index contributed by atoms with van der Waals surface area (Å²) < 4.78 is 179. The van der Waals surface area contributed by atoms with Crippen LogP contribution < -0.4 is 5.32 Å². The molecule has 0 aromatic rings. The largest absolute Gasteiger partial charge is 0.480 e. The van der Waals surface area contributed by atoms with Gasteiger partial charge in [-0.3, -0.25) is 9.00 Å². The Morgan fingerprint density at radius 1 is 0.812 bits per heavy atom. The van der Waals surface area contributed by atoms with E-state index in [1.54, 1.807) is 0 Å². The molecule has 0 aromatic heterocycles. The van der Waals surface area contributed by atoms with Crippen LogP contribution in [-0.4, -0.2) is 86.9 Å². The predicted molar refractivity (Wildman–Crippen MR) is 79.8 cm³/mol. The van der Waals surface area contributed by atoms with Crippen LogP contribution in [0, 0.1) is 0 Å². The summed E-state index contributed by atoms with van der Waals surface area (Å²) >= 11 is 0. The molecule has 0 saturated carbocycles. The highest BCUT2D eigenvalue weighted by Gasteiger charge is 2.90. The van der Waals surface area contributed by atoms with Gasteiger partial charge in [0.15, 0.2) is 0 Å². The zero-order valence-corrected chi connectivity index (χ0v) is 16.0. The molecule has 0 aliphatic rings. The summed E-state index contributed by atoms with van der Waals surface area (Å²) in [4.78, 5) is 10.2. The number of rotatable bonds is 13. The number of carbonyl (C=O) groups is 1. The first-order valence-corrected chi connectivity index (χ1v) is 9.36. The number of hydrogen-bond acceptors (Lipinski definition) is 4. The minimum atomic E-state index is -8.00. The molecular formula is C13H14F13NO4S. The van der Waals surface area contributed by atoms with Gasteiger partial charge in [-0.25, -0.2) is 0 Å². The summed E-state index contributed by atoms with van der Waals surface area (Å²) in [5.74, 6) is -41.7. The van der Waals surface area contributed by atoms with Crippen molar-refractivity contribution >= 4 is 16.8 Å². The maximum Gasteiger partial charge on any atom is 0.460 e. The number of aliphatic carboxylic acids is 1. The fraction of sp³-hybridized carbons (Fsp3) is 0.923. The van der Waals surface area contributed by atoms with Crippen molar-refractivity contribution in [3.63, 3.8) is 0 Å². The standard InChI is InChI=1S/C13H14F13NO4S/c14-8(15,1-2-32(31)5-6(28)3-27-4-7(29)30)9(16,17)10(18,19)11(20,21)12(22,23)13(24,25)26/h6,27-28H,1-5H2,(H,29,30). The Hall–Kier alpha value is -1.37. The minimum absolute atomic E-state index is 0.610. The van der Waals surface area contributed by atoms with E-state index in [4.69, 9.17) is 5.11 Å². The van der Waals surface area contributed by atoms with Crippen LogP contribution in [0.4, 0.5) is 57.1 Å². The average molecular weight is 527 g/mol. The van der Waals surface area contributed by atoms with Crippen molar-refractivity contribution in [1.29, 1.82) is 0 Å². The second kappa shape index (κ2) is 9.86. The molecule has 3 N–H and O–H groups in total. The molecule has 32 heavy (non-hydrogen) atoms. The van der Waals surface area contributed by atoms with Crippen LogP contribution >= 0.6 is 0 Å². The van der Waals surface area contributed by atoms with Gasteiger partial charge < -0.3 is 15.5 Å². The first-order valence-electron chi connectivity index (χ1n) is 7.87. The van der Waals surface area contributed by atoms with E-state index in [1.807, 2.05) is 0 Å². The first kappa shape index (κ1) is 30.6. The molecule has 0 bridgehead atoms. The van der Waals surface area contributed by atoms with Gasteiger partial charge in [-0.1, -0.05) is 0 Å². The third-order valence-corrected chi connectivity index (χ3v) is 5.09. The van der Waals surface area contributed by atoms with Crippen molar-refractivity contribution in [2.45, 2.75) is 48.3 Å². The van der Waals surface area contributed by atoms with Gasteiger partial charge in [0.2, 0.25) is 0 Å². The Morgan fingerprint density at radius 2 is 1.25 bits per heavy atom. The summed E-state index contributed by atoms with van der Waals surface area (Å²) in [6.07, 6.45) is -11.9. The highest BCUT2D eigenvalue weighted by atomic mass is 32.2. The average Bonchev–Trinajstić information content (AvgIpc) is 2.58. The zero-order valence-electron chi connectivity index (χ0n) is 15.1. The smallest absolute Gasteiger partial charge is 0.460 e. The fourth-order valence-electron chi connectivity index (χ4n) is 1.90. The molecule has 0 aromatic carbocycles. The maximum atomic E-state index is 13.5. The van der Waals surface area contributed by atoms with E-state index in [0.29, 0.717) is 0 Å². The van der Waals surface area contributed by atoms with Crippen LogP contribution in [0.2, 0.25) is 0 Å². The lowest BCUT2D eigenvalue weighted by Crippen LogP contribution is -2.70. The van der Waals surface area contributed by atoms with Crippen molar-refractivity contribution in [2.75, 3.05) is 24.6 Å². The molecule has 0 amide bonds. The van der Waals surface area contributed by atoms with Crippen LogP contribution in [-0.2, 0) is 15.6 Å². The fourth-order valence-corrected chi connectivity index (χ4v) is 3.10. The number of carboxylic acid groups (broad SMARTS) is 1. The summed E-state index contributed by atoms with van der Waals surface area (Å²) in [6, 6.07) is 0. The van der Waals surface area contributed by atoms with Gasteiger partial charge >= 0.3 is 41.8 Å². The predicted octanol–water partition coefficient (Wildman–Crippen LogP) is 2.90. The van der Waals surface area contributed by atoms with Crippen molar-refractivity contribution in [2.24, 2.45) is 0 Å². The lowest BCUT2D eigenvalue weighted by atomic mass is 9.93.